The fourth-order valence-electron chi connectivity index (χ4n) is 5.90. The highest BCUT2D eigenvalue weighted by molar-refractivity contribution is 5.69. The quantitative estimate of drug-likeness (QED) is 0.917. The van der Waals surface area contributed by atoms with Crippen LogP contribution in [0.25, 0.3) is 0 Å². The largest absolute Gasteiger partial charge is 0.481 e. The molecule has 20 heavy (non-hydrogen) atoms. The van der Waals surface area contributed by atoms with Crippen molar-refractivity contribution in [2.24, 2.45) is 17.8 Å². The van der Waals surface area contributed by atoms with E-state index in [9.17, 15) is 4.79 Å². The van der Waals surface area contributed by atoms with Gasteiger partial charge >= 0.3 is 5.97 Å². The zero-order valence-corrected chi connectivity index (χ0v) is 12.1. The van der Waals surface area contributed by atoms with Crippen LogP contribution in [0, 0.1) is 24.7 Å². The van der Waals surface area contributed by atoms with E-state index in [4.69, 9.17) is 5.11 Å². The van der Waals surface area contributed by atoms with Crippen molar-refractivity contribution < 1.29 is 9.90 Å². The van der Waals surface area contributed by atoms with Gasteiger partial charge in [-0.25, -0.2) is 0 Å². The van der Waals surface area contributed by atoms with E-state index in [1.165, 1.54) is 44.2 Å². The molecule has 0 spiro atoms. The second-order valence-electron chi connectivity index (χ2n) is 7.51. The van der Waals surface area contributed by atoms with Crippen molar-refractivity contribution in [3.8, 4) is 0 Å². The predicted molar refractivity (Wildman–Crippen MR) is 76.7 cm³/mol. The molecule has 0 aliphatic heterocycles. The van der Waals surface area contributed by atoms with Crippen LogP contribution in [0.15, 0.2) is 12.1 Å². The number of carbonyl (C=O) groups is 1. The first-order valence-corrected chi connectivity index (χ1v) is 7.95. The maximum atomic E-state index is 11.1. The standard InChI is InChI=1S/C17H23NO2/c1-11-2-3-15(7-16(19)20)18(11)17-8-12-4-13(9-17)6-14(5-12)10-17/h2-3,12-14H,4-10H2,1H3,(H,19,20). The summed E-state index contributed by atoms with van der Waals surface area (Å²) in [6.07, 6.45) is 8.27. The maximum Gasteiger partial charge on any atom is 0.309 e. The van der Waals surface area contributed by atoms with Gasteiger partial charge in [0.1, 0.15) is 0 Å². The lowest BCUT2D eigenvalue weighted by atomic mass is 9.53. The Morgan fingerprint density at radius 2 is 1.75 bits per heavy atom. The summed E-state index contributed by atoms with van der Waals surface area (Å²) in [7, 11) is 0. The van der Waals surface area contributed by atoms with Crippen molar-refractivity contribution in [1.29, 1.82) is 0 Å². The maximum absolute atomic E-state index is 11.1. The van der Waals surface area contributed by atoms with E-state index in [0.29, 0.717) is 0 Å². The molecule has 108 valence electrons. The van der Waals surface area contributed by atoms with Gasteiger partial charge in [-0.3, -0.25) is 4.79 Å². The highest BCUT2D eigenvalue weighted by Gasteiger charge is 2.52. The van der Waals surface area contributed by atoms with Crippen molar-refractivity contribution in [3.63, 3.8) is 0 Å². The smallest absolute Gasteiger partial charge is 0.309 e. The molecular formula is C17H23NO2. The van der Waals surface area contributed by atoms with Crippen LogP contribution in [0.4, 0.5) is 0 Å². The monoisotopic (exact) mass is 273 g/mol. The molecule has 1 aromatic heterocycles. The average molecular weight is 273 g/mol. The van der Waals surface area contributed by atoms with E-state index in [0.717, 1.165) is 23.4 Å². The lowest BCUT2D eigenvalue weighted by Gasteiger charge is -2.58. The predicted octanol–water partition coefficient (Wildman–Crippen LogP) is 3.35. The summed E-state index contributed by atoms with van der Waals surface area (Å²) < 4.78 is 2.42. The number of aromatic nitrogens is 1. The molecule has 4 bridgehead atoms. The molecule has 0 radical (unpaired) electrons. The van der Waals surface area contributed by atoms with E-state index >= 15 is 0 Å². The van der Waals surface area contributed by atoms with Crippen LogP contribution >= 0.6 is 0 Å². The zero-order chi connectivity index (χ0) is 13.9. The number of carboxylic acid groups (broad SMARTS) is 1. The minimum absolute atomic E-state index is 0.162. The summed E-state index contributed by atoms with van der Waals surface area (Å²) in [6, 6.07) is 4.14. The van der Waals surface area contributed by atoms with Crippen molar-refractivity contribution in [2.45, 2.75) is 57.4 Å². The molecule has 3 heteroatoms. The van der Waals surface area contributed by atoms with Crippen LogP contribution in [0.5, 0.6) is 0 Å². The van der Waals surface area contributed by atoms with Gasteiger partial charge in [-0.2, -0.15) is 0 Å². The minimum atomic E-state index is -0.714. The molecule has 5 rings (SSSR count). The summed E-state index contributed by atoms with van der Waals surface area (Å²) >= 11 is 0. The van der Waals surface area contributed by atoms with Crippen LogP contribution in [-0.2, 0) is 16.8 Å². The van der Waals surface area contributed by atoms with Crippen LogP contribution in [0.1, 0.15) is 49.9 Å². The Bertz CT molecular complexity index is 522. The van der Waals surface area contributed by atoms with Crippen molar-refractivity contribution >= 4 is 5.97 Å². The van der Waals surface area contributed by atoms with Gasteiger partial charge in [-0.05, 0) is 75.3 Å². The van der Waals surface area contributed by atoms with Crippen molar-refractivity contribution in [3.05, 3.63) is 23.5 Å². The zero-order valence-electron chi connectivity index (χ0n) is 12.1. The molecule has 0 unspecified atom stereocenters. The second-order valence-corrected chi connectivity index (χ2v) is 7.51. The minimum Gasteiger partial charge on any atom is -0.481 e. The third-order valence-corrected chi connectivity index (χ3v) is 5.97. The van der Waals surface area contributed by atoms with Crippen molar-refractivity contribution in [1.82, 2.24) is 4.57 Å². The molecule has 0 saturated heterocycles. The van der Waals surface area contributed by atoms with E-state index < -0.39 is 5.97 Å². The number of nitrogens with zero attached hydrogens (tertiary/aromatic N) is 1. The molecule has 3 nitrogen and oxygen atoms in total. The fraction of sp³-hybridized carbons (Fsp3) is 0.706. The molecule has 1 aromatic rings. The normalized spacial score (nSPS) is 38.4. The average Bonchev–Trinajstić information content (AvgIpc) is 2.68. The van der Waals surface area contributed by atoms with Gasteiger partial charge in [0.2, 0.25) is 0 Å². The van der Waals surface area contributed by atoms with Crippen LogP contribution in [-0.4, -0.2) is 15.6 Å². The van der Waals surface area contributed by atoms with Crippen LogP contribution < -0.4 is 0 Å². The summed E-state index contributed by atoms with van der Waals surface area (Å²) in [6.45, 7) is 2.14. The third kappa shape index (κ3) is 1.75. The fourth-order valence-corrected chi connectivity index (χ4v) is 5.90. The summed E-state index contributed by atoms with van der Waals surface area (Å²) in [5.74, 6) is 1.95. The summed E-state index contributed by atoms with van der Waals surface area (Å²) in [5, 5.41) is 9.17. The van der Waals surface area contributed by atoms with E-state index in [1.807, 2.05) is 6.07 Å². The lowest BCUT2D eigenvalue weighted by Crippen LogP contribution is -2.52. The molecule has 4 saturated carbocycles. The van der Waals surface area contributed by atoms with Gasteiger partial charge in [0.25, 0.3) is 0 Å². The SMILES string of the molecule is Cc1ccc(CC(=O)O)n1C12CC3CC(CC(C3)C1)C2. The third-order valence-electron chi connectivity index (χ3n) is 5.97. The molecule has 4 aliphatic rings. The number of hydrogen-bond donors (Lipinski definition) is 1. The van der Waals surface area contributed by atoms with Gasteiger partial charge in [0.15, 0.2) is 0 Å². The molecule has 0 aromatic carbocycles. The number of carboxylic acids is 1. The first kappa shape index (κ1) is 12.5. The lowest BCUT2D eigenvalue weighted by molar-refractivity contribution is -0.136. The van der Waals surface area contributed by atoms with Gasteiger partial charge in [0.05, 0.1) is 6.42 Å². The van der Waals surface area contributed by atoms with E-state index in [1.54, 1.807) is 0 Å². The van der Waals surface area contributed by atoms with Gasteiger partial charge < -0.3 is 9.67 Å². The highest BCUT2D eigenvalue weighted by atomic mass is 16.4. The molecular weight excluding hydrogens is 250 g/mol. The number of hydrogen-bond acceptors (Lipinski definition) is 1. The number of aryl methyl sites for hydroxylation is 1. The summed E-state index contributed by atoms with van der Waals surface area (Å²) in [5.41, 5.74) is 2.51. The molecule has 4 fully saturated rings. The van der Waals surface area contributed by atoms with E-state index in [2.05, 4.69) is 17.6 Å². The Morgan fingerprint density at radius 1 is 1.20 bits per heavy atom. The molecule has 0 atom stereocenters. The van der Waals surface area contributed by atoms with Gasteiger partial charge in [0, 0.05) is 16.9 Å². The summed E-state index contributed by atoms with van der Waals surface area (Å²) in [4.78, 5) is 11.1. The molecule has 0 amide bonds. The van der Waals surface area contributed by atoms with E-state index in [-0.39, 0.29) is 12.0 Å². The number of rotatable bonds is 3. The first-order valence-electron chi connectivity index (χ1n) is 7.95. The highest BCUT2D eigenvalue weighted by Crippen LogP contribution is 2.59. The Balaban J connectivity index is 1.77. The topological polar surface area (TPSA) is 42.2 Å². The molecule has 1 N–H and O–H groups in total. The molecule has 1 heterocycles. The van der Waals surface area contributed by atoms with Gasteiger partial charge in [-0.1, -0.05) is 0 Å². The Kier molecular flexibility index (Phi) is 2.57. The molecule has 4 aliphatic carbocycles. The van der Waals surface area contributed by atoms with Gasteiger partial charge in [-0.15, -0.1) is 0 Å². The Morgan fingerprint density at radius 3 is 2.25 bits per heavy atom. The van der Waals surface area contributed by atoms with Crippen molar-refractivity contribution in [2.75, 3.05) is 0 Å². The van der Waals surface area contributed by atoms with Crippen LogP contribution in [0.3, 0.4) is 0 Å². The Hall–Kier alpha value is -1.25. The Labute approximate surface area is 120 Å². The van der Waals surface area contributed by atoms with Crippen LogP contribution in [0.2, 0.25) is 0 Å². The second kappa shape index (κ2) is 4.12. The number of aliphatic carboxylic acids is 1. The first-order chi connectivity index (χ1) is 9.56.